The van der Waals surface area contributed by atoms with Crippen LogP contribution in [0.3, 0.4) is 0 Å². The van der Waals surface area contributed by atoms with Crippen LogP contribution in [0.4, 0.5) is 4.79 Å². The van der Waals surface area contributed by atoms with E-state index in [1.807, 2.05) is 35.2 Å². The minimum Gasteiger partial charge on any atom is -0.459 e. The van der Waals surface area contributed by atoms with E-state index in [0.29, 0.717) is 6.42 Å². The molecule has 2 aliphatic rings. The molecule has 2 aliphatic heterocycles. The number of amides is 2. The van der Waals surface area contributed by atoms with Gasteiger partial charge in [-0.1, -0.05) is 37.3 Å². The van der Waals surface area contributed by atoms with E-state index < -0.39 is 6.04 Å². The van der Waals surface area contributed by atoms with Gasteiger partial charge in [0.05, 0.1) is 0 Å². The second kappa shape index (κ2) is 7.69. The Morgan fingerprint density at radius 1 is 1.21 bits per heavy atom. The topological polar surface area (TPSA) is 49.9 Å². The first-order chi connectivity index (χ1) is 11.7. The minimum absolute atomic E-state index is 0.00876. The molecule has 5 heteroatoms. The molecule has 0 aliphatic carbocycles. The van der Waals surface area contributed by atoms with Crippen molar-refractivity contribution in [3.8, 4) is 0 Å². The second-order valence-electron chi connectivity index (χ2n) is 6.66. The van der Waals surface area contributed by atoms with Gasteiger partial charge in [-0.2, -0.15) is 0 Å². The number of hydrogen-bond donors (Lipinski definition) is 0. The molecule has 2 heterocycles. The number of ether oxygens (including phenoxy) is 1. The molecular weight excluding hydrogens is 304 g/mol. The normalized spacial score (nSPS) is 23.8. The number of hydrogen-bond acceptors (Lipinski definition) is 3. The Morgan fingerprint density at radius 3 is 2.75 bits per heavy atom. The van der Waals surface area contributed by atoms with E-state index in [9.17, 15) is 9.59 Å². The first kappa shape index (κ1) is 16.8. The summed E-state index contributed by atoms with van der Waals surface area (Å²) in [6, 6.07) is 9.43. The van der Waals surface area contributed by atoms with Crippen molar-refractivity contribution < 1.29 is 14.3 Å². The number of nitrogens with zero attached hydrogens (tertiary/aromatic N) is 2. The first-order valence-electron chi connectivity index (χ1n) is 8.98. The fraction of sp³-hybridized carbons (Fsp3) is 0.579. The summed E-state index contributed by atoms with van der Waals surface area (Å²) in [5.74, 6) is -0.268. The molecule has 130 valence electrons. The van der Waals surface area contributed by atoms with Crippen LogP contribution < -0.4 is 0 Å². The molecule has 1 aromatic rings. The van der Waals surface area contributed by atoms with Crippen molar-refractivity contribution in [2.24, 2.45) is 0 Å². The lowest BCUT2D eigenvalue weighted by Gasteiger charge is -2.47. The van der Waals surface area contributed by atoms with E-state index >= 15 is 0 Å². The lowest BCUT2D eigenvalue weighted by atomic mass is 9.92. The predicted molar refractivity (Wildman–Crippen MR) is 91.4 cm³/mol. The maximum Gasteiger partial charge on any atom is 0.329 e. The van der Waals surface area contributed by atoms with Crippen LogP contribution in [0.25, 0.3) is 0 Å². The smallest absolute Gasteiger partial charge is 0.329 e. The third kappa shape index (κ3) is 3.55. The van der Waals surface area contributed by atoms with Crippen LogP contribution in [-0.4, -0.2) is 47.0 Å². The van der Waals surface area contributed by atoms with E-state index in [-0.39, 0.29) is 24.6 Å². The van der Waals surface area contributed by atoms with Gasteiger partial charge in [-0.05, 0) is 37.7 Å². The van der Waals surface area contributed by atoms with E-state index in [1.165, 1.54) is 0 Å². The number of benzene rings is 1. The van der Waals surface area contributed by atoms with Crippen molar-refractivity contribution in [1.29, 1.82) is 0 Å². The molecule has 0 spiro atoms. The quantitative estimate of drug-likeness (QED) is 0.779. The van der Waals surface area contributed by atoms with E-state index in [0.717, 1.165) is 44.3 Å². The molecule has 0 aromatic heterocycles. The van der Waals surface area contributed by atoms with Gasteiger partial charge in [0, 0.05) is 19.1 Å². The van der Waals surface area contributed by atoms with Gasteiger partial charge >= 0.3 is 12.0 Å². The Kier molecular flexibility index (Phi) is 5.38. The van der Waals surface area contributed by atoms with Crippen molar-refractivity contribution in [2.75, 3.05) is 13.1 Å². The van der Waals surface area contributed by atoms with E-state index in [4.69, 9.17) is 4.74 Å². The summed E-state index contributed by atoms with van der Waals surface area (Å²) in [5.41, 5.74) is 0.968. The molecule has 2 fully saturated rings. The van der Waals surface area contributed by atoms with Gasteiger partial charge in [0.2, 0.25) is 0 Å². The highest BCUT2D eigenvalue weighted by Gasteiger charge is 2.43. The van der Waals surface area contributed by atoms with Crippen molar-refractivity contribution >= 4 is 12.0 Å². The molecule has 2 saturated heterocycles. The highest BCUT2D eigenvalue weighted by molar-refractivity contribution is 5.84. The fourth-order valence-electron chi connectivity index (χ4n) is 3.75. The summed E-state index contributed by atoms with van der Waals surface area (Å²) in [7, 11) is 0. The molecule has 0 bridgehead atoms. The summed E-state index contributed by atoms with van der Waals surface area (Å²) < 4.78 is 5.51. The predicted octanol–water partition coefficient (Wildman–Crippen LogP) is 3.19. The molecule has 0 saturated carbocycles. The minimum atomic E-state index is -0.431. The number of carbonyl (C=O) groups is 2. The average molecular weight is 330 g/mol. The van der Waals surface area contributed by atoms with Gasteiger partial charge in [-0.3, -0.25) is 0 Å². The Bertz CT molecular complexity index is 575. The number of piperidine rings is 1. The van der Waals surface area contributed by atoms with Gasteiger partial charge in [-0.25, -0.2) is 9.59 Å². The maximum absolute atomic E-state index is 12.8. The van der Waals surface area contributed by atoms with Crippen LogP contribution >= 0.6 is 0 Å². The molecule has 5 nitrogen and oxygen atoms in total. The summed E-state index contributed by atoms with van der Waals surface area (Å²) in [5, 5.41) is 0. The zero-order chi connectivity index (χ0) is 16.9. The summed E-state index contributed by atoms with van der Waals surface area (Å²) in [4.78, 5) is 29.1. The molecule has 1 aromatic carbocycles. The van der Waals surface area contributed by atoms with Crippen LogP contribution in [0.15, 0.2) is 30.3 Å². The van der Waals surface area contributed by atoms with Gasteiger partial charge in [0.15, 0.2) is 0 Å². The van der Waals surface area contributed by atoms with Gasteiger partial charge in [-0.15, -0.1) is 0 Å². The monoisotopic (exact) mass is 330 g/mol. The zero-order valence-electron chi connectivity index (χ0n) is 14.3. The lowest BCUT2D eigenvalue weighted by molar-refractivity contribution is -0.153. The van der Waals surface area contributed by atoms with Gasteiger partial charge < -0.3 is 14.5 Å². The first-order valence-corrected chi connectivity index (χ1v) is 8.98. The molecular formula is C19H26N2O3. The number of carbonyl (C=O) groups excluding carboxylic acids is 2. The number of rotatable bonds is 5. The van der Waals surface area contributed by atoms with Gasteiger partial charge in [0.1, 0.15) is 12.6 Å². The maximum atomic E-state index is 12.8. The van der Waals surface area contributed by atoms with Crippen LogP contribution in [-0.2, 0) is 16.1 Å². The summed E-state index contributed by atoms with van der Waals surface area (Å²) in [6.07, 6.45) is 4.57. The zero-order valence-corrected chi connectivity index (χ0v) is 14.3. The lowest BCUT2D eigenvalue weighted by Crippen LogP contribution is -2.61. The molecule has 3 rings (SSSR count). The molecule has 0 N–H and O–H groups in total. The number of urea groups is 1. The van der Waals surface area contributed by atoms with Crippen LogP contribution in [0.2, 0.25) is 0 Å². The Balaban J connectivity index is 1.66. The van der Waals surface area contributed by atoms with E-state index in [2.05, 4.69) is 6.92 Å². The highest BCUT2D eigenvalue weighted by atomic mass is 16.5. The largest absolute Gasteiger partial charge is 0.459 e. The highest BCUT2D eigenvalue weighted by Crippen LogP contribution is 2.30. The average Bonchev–Trinajstić information content (AvgIpc) is 2.62. The van der Waals surface area contributed by atoms with Crippen molar-refractivity contribution in [3.05, 3.63) is 35.9 Å². The van der Waals surface area contributed by atoms with Crippen LogP contribution in [0.1, 0.15) is 44.6 Å². The van der Waals surface area contributed by atoms with Crippen molar-refractivity contribution in [1.82, 2.24) is 9.80 Å². The molecule has 0 radical (unpaired) electrons. The standard InChI is InChI=1S/C19H26N2O3/c1-2-12-20-13-11-16-9-6-10-17(21(16)19(20)23)18(22)24-14-15-7-4-3-5-8-15/h3-5,7-8,16-17H,2,6,9-14H2,1H3/t16-,17-/m1/s1. The molecule has 2 atom stereocenters. The summed E-state index contributed by atoms with van der Waals surface area (Å²) in [6.45, 7) is 3.90. The van der Waals surface area contributed by atoms with Crippen molar-refractivity contribution in [3.63, 3.8) is 0 Å². The fourth-order valence-corrected chi connectivity index (χ4v) is 3.75. The van der Waals surface area contributed by atoms with Crippen molar-refractivity contribution in [2.45, 2.75) is 57.7 Å². The van der Waals surface area contributed by atoms with Crippen LogP contribution in [0, 0.1) is 0 Å². The number of esters is 1. The molecule has 0 unspecified atom stereocenters. The molecule has 2 amide bonds. The number of fused-ring (bicyclic) bond motifs is 1. The third-order valence-electron chi connectivity index (χ3n) is 4.96. The Labute approximate surface area is 143 Å². The second-order valence-corrected chi connectivity index (χ2v) is 6.66. The SMILES string of the molecule is CCCN1CC[C@H]2CCC[C@H](C(=O)OCc3ccccc3)N2C1=O. The molecule has 24 heavy (non-hydrogen) atoms. The Hall–Kier alpha value is -2.04. The third-order valence-corrected chi connectivity index (χ3v) is 4.96. The summed E-state index contributed by atoms with van der Waals surface area (Å²) >= 11 is 0. The van der Waals surface area contributed by atoms with Gasteiger partial charge in [0.25, 0.3) is 0 Å². The van der Waals surface area contributed by atoms with Crippen LogP contribution in [0.5, 0.6) is 0 Å². The Morgan fingerprint density at radius 2 is 2.00 bits per heavy atom. The van der Waals surface area contributed by atoms with E-state index in [1.54, 1.807) is 4.90 Å².